The fourth-order valence-corrected chi connectivity index (χ4v) is 1.55. The average Bonchev–Trinajstić information content (AvgIpc) is 2.96. The van der Waals surface area contributed by atoms with Crippen LogP contribution < -0.4 is 4.74 Å². The highest BCUT2D eigenvalue weighted by Gasteiger charge is 2.07. The summed E-state index contributed by atoms with van der Waals surface area (Å²) >= 11 is 0. The topological polar surface area (TPSA) is 79.5 Å². The van der Waals surface area contributed by atoms with Crippen LogP contribution in [0.1, 0.15) is 0 Å². The Morgan fingerprint density at radius 2 is 2.25 bits per heavy atom. The largest absolute Gasteiger partial charge is 0.497 e. The number of rotatable bonds is 2. The molecule has 0 radical (unpaired) electrons. The molecule has 0 fully saturated rings. The van der Waals surface area contributed by atoms with Gasteiger partial charge in [0.05, 0.1) is 24.3 Å². The highest BCUT2D eigenvalue weighted by molar-refractivity contribution is 5.80. The third-order valence-corrected chi connectivity index (χ3v) is 2.35. The third-order valence-electron chi connectivity index (χ3n) is 2.35. The van der Waals surface area contributed by atoms with Crippen molar-refractivity contribution in [3.63, 3.8) is 0 Å². The zero-order chi connectivity index (χ0) is 11.0. The molecular formula is C10H9N5O. The maximum atomic E-state index is 5.14. The van der Waals surface area contributed by atoms with Crippen molar-refractivity contribution in [2.45, 2.75) is 0 Å². The second-order valence-electron chi connectivity index (χ2n) is 3.32. The van der Waals surface area contributed by atoms with Crippen molar-refractivity contribution in [3.05, 3.63) is 24.4 Å². The Bertz CT molecular complexity index is 613. The molecule has 3 aromatic rings. The number of hydrogen-bond acceptors (Lipinski definition) is 4. The van der Waals surface area contributed by atoms with Crippen LogP contribution in [0.15, 0.2) is 24.4 Å². The molecular weight excluding hydrogens is 206 g/mol. The first-order chi connectivity index (χ1) is 7.86. The molecule has 0 aliphatic rings. The predicted octanol–water partition coefficient (Wildman–Crippen LogP) is 1.36. The van der Waals surface area contributed by atoms with Crippen molar-refractivity contribution in [2.24, 2.45) is 0 Å². The summed E-state index contributed by atoms with van der Waals surface area (Å²) in [7, 11) is 1.63. The molecule has 2 heterocycles. The first-order valence-corrected chi connectivity index (χ1v) is 4.77. The lowest BCUT2D eigenvalue weighted by Crippen LogP contribution is -1.81. The molecule has 16 heavy (non-hydrogen) atoms. The van der Waals surface area contributed by atoms with Crippen molar-refractivity contribution in [1.29, 1.82) is 0 Å². The molecule has 0 saturated carbocycles. The zero-order valence-corrected chi connectivity index (χ0v) is 8.56. The second-order valence-corrected chi connectivity index (χ2v) is 3.32. The molecule has 1 aromatic carbocycles. The quantitative estimate of drug-likeness (QED) is 0.676. The summed E-state index contributed by atoms with van der Waals surface area (Å²) in [6, 6.07) is 5.66. The van der Waals surface area contributed by atoms with Gasteiger partial charge in [-0.3, -0.25) is 0 Å². The summed E-state index contributed by atoms with van der Waals surface area (Å²) in [5, 5.41) is 10.3. The Balaban J connectivity index is 2.16. The second kappa shape index (κ2) is 3.34. The molecule has 80 valence electrons. The maximum absolute atomic E-state index is 5.14. The van der Waals surface area contributed by atoms with E-state index in [1.807, 2.05) is 18.2 Å². The van der Waals surface area contributed by atoms with Crippen molar-refractivity contribution < 1.29 is 4.74 Å². The van der Waals surface area contributed by atoms with E-state index in [1.54, 1.807) is 13.3 Å². The highest BCUT2D eigenvalue weighted by Crippen LogP contribution is 2.21. The summed E-state index contributed by atoms with van der Waals surface area (Å²) in [5.41, 5.74) is 2.48. The van der Waals surface area contributed by atoms with Crippen LogP contribution in [0.4, 0.5) is 0 Å². The van der Waals surface area contributed by atoms with Gasteiger partial charge in [-0.25, -0.2) is 4.98 Å². The summed E-state index contributed by atoms with van der Waals surface area (Å²) < 4.78 is 5.14. The molecule has 2 aromatic heterocycles. The van der Waals surface area contributed by atoms with Crippen LogP contribution in [0.5, 0.6) is 5.75 Å². The van der Waals surface area contributed by atoms with Gasteiger partial charge in [-0.1, -0.05) is 0 Å². The van der Waals surface area contributed by atoms with Crippen molar-refractivity contribution in [2.75, 3.05) is 7.11 Å². The number of nitrogens with zero attached hydrogens (tertiary/aromatic N) is 3. The van der Waals surface area contributed by atoms with Crippen molar-refractivity contribution >= 4 is 11.0 Å². The highest BCUT2D eigenvalue weighted by atomic mass is 16.5. The van der Waals surface area contributed by atoms with Gasteiger partial charge in [-0.2, -0.15) is 15.4 Å². The van der Waals surface area contributed by atoms with Crippen LogP contribution in [-0.4, -0.2) is 32.5 Å². The first kappa shape index (κ1) is 8.90. The van der Waals surface area contributed by atoms with Gasteiger partial charge in [0.1, 0.15) is 11.4 Å². The molecule has 0 aliphatic heterocycles. The van der Waals surface area contributed by atoms with E-state index in [0.717, 1.165) is 16.8 Å². The van der Waals surface area contributed by atoms with E-state index in [1.165, 1.54) is 0 Å². The van der Waals surface area contributed by atoms with Gasteiger partial charge >= 0.3 is 0 Å². The fourth-order valence-electron chi connectivity index (χ4n) is 1.55. The van der Waals surface area contributed by atoms with E-state index in [0.29, 0.717) is 11.5 Å². The predicted molar refractivity (Wildman–Crippen MR) is 58.0 cm³/mol. The van der Waals surface area contributed by atoms with Crippen LogP contribution in [0.3, 0.4) is 0 Å². The molecule has 0 amide bonds. The molecule has 3 rings (SSSR count). The van der Waals surface area contributed by atoms with Gasteiger partial charge in [-0.05, 0) is 12.1 Å². The molecule has 2 N–H and O–H groups in total. The minimum absolute atomic E-state index is 0.690. The summed E-state index contributed by atoms with van der Waals surface area (Å²) in [5.74, 6) is 1.49. The number of aromatic nitrogens is 5. The molecule has 6 nitrogen and oxygen atoms in total. The molecule has 0 aliphatic carbocycles. The van der Waals surface area contributed by atoms with Crippen LogP contribution in [0, 0.1) is 0 Å². The first-order valence-electron chi connectivity index (χ1n) is 4.77. The number of hydrogen-bond donors (Lipinski definition) is 2. The number of H-pyrrole nitrogens is 2. The van der Waals surface area contributed by atoms with Crippen molar-refractivity contribution in [3.8, 4) is 17.3 Å². The fraction of sp³-hybridized carbons (Fsp3) is 0.100. The van der Waals surface area contributed by atoms with E-state index in [2.05, 4.69) is 25.4 Å². The van der Waals surface area contributed by atoms with Crippen LogP contribution >= 0.6 is 0 Å². The monoisotopic (exact) mass is 215 g/mol. The Morgan fingerprint density at radius 3 is 3.00 bits per heavy atom. The molecule has 0 bridgehead atoms. The summed E-state index contributed by atoms with van der Waals surface area (Å²) in [6.07, 6.45) is 1.62. The number of imidazole rings is 1. The molecule has 0 spiro atoms. The minimum Gasteiger partial charge on any atom is -0.497 e. The van der Waals surface area contributed by atoms with Gasteiger partial charge < -0.3 is 9.72 Å². The normalized spacial score (nSPS) is 10.8. The minimum atomic E-state index is 0.690. The Hall–Kier alpha value is -2.37. The standard InChI is InChI=1S/C10H9N5O/c1-16-6-2-3-7-8(4-6)13-10(12-7)9-5-11-15-14-9/h2-5H,1H3,(H,12,13)(H,11,14,15). The van der Waals surface area contributed by atoms with Gasteiger partial charge in [-0.15, -0.1) is 0 Å². The maximum Gasteiger partial charge on any atom is 0.160 e. The van der Waals surface area contributed by atoms with Crippen LogP contribution in [0.2, 0.25) is 0 Å². The van der Waals surface area contributed by atoms with Crippen molar-refractivity contribution in [1.82, 2.24) is 25.4 Å². The van der Waals surface area contributed by atoms with Gasteiger partial charge in [0, 0.05) is 6.07 Å². The average molecular weight is 215 g/mol. The Morgan fingerprint density at radius 1 is 1.31 bits per heavy atom. The van der Waals surface area contributed by atoms with E-state index in [4.69, 9.17) is 4.74 Å². The lowest BCUT2D eigenvalue weighted by Gasteiger charge is -1.96. The molecule has 0 atom stereocenters. The molecule has 6 heteroatoms. The Kier molecular flexibility index (Phi) is 1.86. The number of aromatic amines is 2. The SMILES string of the molecule is COc1ccc2nc(-c3cn[nH]n3)[nH]c2c1. The number of methoxy groups -OCH3 is 1. The number of ether oxygens (including phenoxy) is 1. The van der Waals surface area contributed by atoms with Crippen LogP contribution in [-0.2, 0) is 0 Å². The number of benzene rings is 1. The lowest BCUT2D eigenvalue weighted by molar-refractivity contribution is 0.415. The van der Waals surface area contributed by atoms with Gasteiger partial charge in [0.2, 0.25) is 0 Å². The third kappa shape index (κ3) is 1.31. The molecule has 0 unspecified atom stereocenters. The lowest BCUT2D eigenvalue weighted by atomic mass is 10.3. The Labute approximate surface area is 90.7 Å². The summed E-state index contributed by atoms with van der Waals surface area (Å²) in [4.78, 5) is 7.56. The van der Waals surface area contributed by atoms with E-state index in [-0.39, 0.29) is 0 Å². The zero-order valence-electron chi connectivity index (χ0n) is 8.56. The van der Waals surface area contributed by atoms with Gasteiger partial charge in [0.25, 0.3) is 0 Å². The van der Waals surface area contributed by atoms with E-state index in [9.17, 15) is 0 Å². The van der Waals surface area contributed by atoms with Crippen LogP contribution in [0.25, 0.3) is 22.6 Å². The smallest absolute Gasteiger partial charge is 0.160 e. The number of fused-ring (bicyclic) bond motifs is 1. The number of nitrogens with one attached hydrogen (secondary N) is 2. The molecule has 0 saturated heterocycles. The van der Waals surface area contributed by atoms with E-state index >= 15 is 0 Å². The summed E-state index contributed by atoms with van der Waals surface area (Å²) in [6.45, 7) is 0. The van der Waals surface area contributed by atoms with E-state index < -0.39 is 0 Å². The van der Waals surface area contributed by atoms with Gasteiger partial charge in [0.15, 0.2) is 5.82 Å².